The molecule has 3 aromatic rings. The molecule has 0 radical (unpaired) electrons. The Kier molecular flexibility index (Phi) is 3.45. The van der Waals surface area contributed by atoms with Crippen molar-refractivity contribution < 1.29 is 9.13 Å². The third kappa shape index (κ3) is 2.36. The van der Waals surface area contributed by atoms with Crippen molar-refractivity contribution in [2.45, 2.75) is 13.5 Å². The third-order valence-corrected chi connectivity index (χ3v) is 3.30. The first-order chi connectivity index (χ1) is 10.6. The van der Waals surface area contributed by atoms with E-state index in [9.17, 15) is 9.18 Å². The fraction of sp³-hybridized carbons (Fsp3) is 0.231. The van der Waals surface area contributed by atoms with Gasteiger partial charge >= 0.3 is 5.69 Å². The minimum absolute atomic E-state index is 0.0597. The van der Waals surface area contributed by atoms with Gasteiger partial charge in [0.05, 0.1) is 11.9 Å². The second-order valence-electron chi connectivity index (χ2n) is 4.68. The maximum Gasteiger partial charge on any atom is 0.368 e. The largest absolute Gasteiger partial charge is 0.473 e. The van der Waals surface area contributed by atoms with Gasteiger partial charge in [0.15, 0.2) is 0 Å². The normalized spacial score (nSPS) is 10.9. The minimum atomic E-state index is -0.422. The second kappa shape index (κ2) is 5.43. The van der Waals surface area contributed by atoms with E-state index in [2.05, 4.69) is 20.6 Å². The van der Waals surface area contributed by atoms with Crippen LogP contribution in [0.1, 0.15) is 11.1 Å². The molecule has 0 atom stereocenters. The topological polar surface area (TPSA) is 90.6 Å². The van der Waals surface area contributed by atoms with E-state index in [4.69, 9.17) is 4.74 Å². The molecule has 1 aromatic carbocycles. The fourth-order valence-corrected chi connectivity index (χ4v) is 2.03. The molecule has 0 saturated heterocycles. The highest BCUT2D eigenvalue weighted by atomic mass is 19.1. The molecule has 3 rings (SSSR count). The molecule has 1 N–H and O–H groups in total. The van der Waals surface area contributed by atoms with Crippen LogP contribution in [0, 0.1) is 12.7 Å². The molecule has 22 heavy (non-hydrogen) atoms. The average molecular weight is 304 g/mol. The molecule has 0 saturated carbocycles. The second-order valence-corrected chi connectivity index (χ2v) is 4.68. The van der Waals surface area contributed by atoms with Crippen LogP contribution in [0.4, 0.5) is 4.39 Å². The van der Waals surface area contributed by atoms with Crippen molar-refractivity contribution in [1.29, 1.82) is 0 Å². The zero-order valence-electron chi connectivity index (χ0n) is 11.9. The van der Waals surface area contributed by atoms with Crippen molar-refractivity contribution in [3.8, 4) is 11.6 Å². The van der Waals surface area contributed by atoms with Crippen LogP contribution in [0.2, 0.25) is 0 Å². The number of nitrogens with zero attached hydrogens (tertiary/aromatic N) is 5. The molecule has 0 aliphatic heterocycles. The van der Waals surface area contributed by atoms with Crippen LogP contribution in [0.25, 0.3) is 5.69 Å². The number of benzene rings is 1. The Bertz CT molecular complexity index is 852. The standard InChI is InChI=1S/C13H13FN6O2/c1-8-9(7-22-12-5-6-15-16-12)11(4-3-10(8)14)20-13(21)19(2)17-18-20/h3-6H,7H2,1-2H3,(H,15,16). The zero-order chi connectivity index (χ0) is 15.7. The zero-order valence-corrected chi connectivity index (χ0v) is 11.9. The van der Waals surface area contributed by atoms with Crippen LogP contribution >= 0.6 is 0 Å². The van der Waals surface area contributed by atoms with E-state index in [1.165, 1.54) is 19.2 Å². The molecule has 0 unspecified atom stereocenters. The number of hydrogen-bond donors (Lipinski definition) is 1. The highest BCUT2D eigenvalue weighted by Crippen LogP contribution is 2.21. The lowest BCUT2D eigenvalue weighted by Crippen LogP contribution is -2.23. The predicted octanol–water partition coefficient (Wildman–Crippen LogP) is 0.716. The van der Waals surface area contributed by atoms with Gasteiger partial charge in [-0.25, -0.2) is 14.3 Å². The van der Waals surface area contributed by atoms with Crippen LogP contribution in [0.15, 0.2) is 29.2 Å². The molecule has 0 bridgehead atoms. The number of rotatable bonds is 4. The number of tetrazole rings is 1. The summed E-state index contributed by atoms with van der Waals surface area (Å²) in [6.45, 7) is 1.68. The van der Waals surface area contributed by atoms with Crippen molar-refractivity contribution in [2.75, 3.05) is 0 Å². The first-order valence-electron chi connectivity index (χ1n) is 6.47. The van der Waals surface area contributed by atoms with E-state index in [-0.39, 0.29) is 12.4 Å². The quantitative estimate of drug-likeness (QED) is 0.767. The van der Waals surface area contributed by atoms with E-state index in [1.54, 1.807) is 19.2 Å². The fourth-order valence-electron chi connectivity index (χ4n) is 2.03. The molecule has 0 aliphatic carbocycles. The van der Waals surface area contributed by atoms with E-state index in [0.717, 1.165) is 9.36 Å². The number of aromatic nitrogens is 6. The summed E-state index contributed by atoms with van der Waals surface area (Å²) in [7, 11) is 1.49. The summed E-state index contributed by atoms with van der Waals surface area (Å²) < 4.78 is 21.6. The van der Waals surface area contributed by atoms with Gasteiger partial charge in [0.2, 0.25) is 5.88 Å². The molecule has 0 spiro atoms. The molecule has 2 heterocycles. The number of hydrogen-bond acceptors (Lipinski definition) is 5. The SMILES string of the molecule is Cc1c(F)ccc(-n2nnn(C)c2=O)c1COc1ccn[nH]1. The Balaban J connectivity index is 2.04. The summed E-state index contributed by atoms with van der Waals surface area (Å²) in [6.07, 6.45) is 1.54. The molecule has 114 valence electrons. The van der Waals surface area contributed by atoms with Gasteiger partial charge in [-0.15, -0.1) is 0 Å². The van der Waals surface area contributed by atoms with Crippen LogP contribution in [0.5, 0.6) is 5.88 Å². The van der Waals surface area contributed by atoms with Gasteiger partial charge in [-0.05, 0) is 35.0 Å². The first kappa shape index (κ1) is 14.0. The van der Waals surface area contributed by atoms with E-state index >= 15 is 0 Å². The predicted molar refractivity (Wildman–Crippen MR) is 74.2 cm³/mol. The van der Waals surface area contributed by atoms with Crippen molar-refractivity contribution in [2.24, 2.45) is 7.05 Å². The molecule has 9 heteroatoms. The Morgan fingerprint density at radius 2 is 2.14 bits per heavy atom. The monoisotopic (exact) mass is 304 g/mol. The molecule has 0 aliphatic rings. The lowest BCUT2D eigenvalue weighted by atomic mass is 10.1. The first-order valence-corrected chi connectivity index (χ1v) is 6.47. The van der Waals surface area contributed by atoms with E-state index in [0.29, 0.717) is 22.7 Å². The molecule has 2 aromatic heterocycles. The lowest BCUT2D eigenvalue weighted by molar-refractivity contribution is 0.291. The third-order valence-electron chi connectivity index (χ3n) is 3.30. The van der Waals surface area contributed by atoms with Crippen LogP contribution in [-0.2, 0) is 13.7 Å². The van der Waals surface area contributed by atoms with Gasteiger partial charge in [-0.1, -0.05) is 0 Å². The summed E-state index contributed by atoms with van der Waals surface area (Å²) in [5.74, 6) is 0.0602. The maximum atomic E-state index is 13.8. The van der Waals surface area contributed by atoms with Crippen LogP contribution in [-0.4, -0.2) is 30.0 Å². The Hall–Kier alpha value is -2.97. The Morgan fingerprint density at radius 3 is 2.77 bits per heavy atom. The highest BCUT2D eigenvalue weighted by Gasteiger charge is 2.16. The molecule has 0 amide bonds. The number of ether oxygens (including phenoxy) is 1. The minimum Gasteiger partial charge on any atom is -0.473 e. The van der Waals surface area contributed by atoms with Crippen molar-refractivity contribution in [3.05, 3.63) is 51.8 Å². The Labute approximate surface area is 124 Å². The van der Waals surface area contributed by atoms with Gasteiger partial charge in [-0.3, -0.25) is 0 Å². The van der Waals surface area contributed by atoms with E-state index in [1.807, 2.05) is 0 Å². The summed E-state index contributed by atoms with van der Waals surface area (Å²) in [5.41, 5.74) is 0.900. The molecular formula is C13H13FN6O2. The average Bonchev–Trinajstić information content (AvgIpc) is 3.13. The summed E-state index contributed by atoms with van der Waals surface area (Å²) >= 11 is 0. The number of aryl methyl sites for hydroxylation is 1. The number of nitrogens with one attached hydrogen (secondary N) is 1. The molecular weight excluding hydrogens is 291 g/mol. The highest BCUT2D eigenvalue weighted by molar-refractivity contribution is 5.45. The van der Waals surface area contributed by atoms with Gasteiger partial charge in [0, 0.05) is 18.7 Å². The molecule has 8 nitrogen and oxygen atoms in total. The summed E-state index contributed by atoms with van der Waals surface area (Å²) in [5, 5.41) is 13.9. The van der Waals surface area contributed by atoms with Gasteiger partial charge in [0.25, 0.3) is 0 Å². The summed E-state index contributed by atoms with van der Waals surface area (Å²) in [6, 6.07) is 4.40. The number of aromatic amines is 1. The number of halogens is 1. The van der Waals surface area contributed by atoms with Crippen LogP contribution < -0.4 is 10.4 Å². The maximum absolute atomic E-state index is 13.8. The van der Waals surface area contributed by atoms with Gasteiger partial charge < -0.3 is 4.74 Å². The summed E-state index contributed by atoms with van der Waals surface area (Å²) in [4.78, 5) is 12.0. The van der Waals surface area contributed by atoms with E-state index < -0.39 is 5.69 Å². The van der Waals surface area contributed by atoms with Crippen molar-refractivity contribution in [3.63, 3.8) is 0 Å². The Morgan fingerprint density at radius 1 is 1.32 bits per heavy atom. The van der Waals surface area contributed by atoms with Crippen molar-refractivity contribution in [1.82, 2.24) is 30.0 Å². The lowest BCUT2D eigenvalue weighted by Gasteiger charge is -2.12. The van der Waals surface area contributed by atoms with Crippen molar-refractivity contribution >= 4 is 0 Å². The van der Waals surface area contributed by atoms with Crippen LogP contribution in [0.3, 0.4) is 0 Å². The molecule has 0 fully saturated rings. The smallest absolute Gasteiger partial charge is 0.368 e. The number of H-pyrrole nitrogens is 1. The van der Waals surface area contributed by atoms with Gasteiger partial charge in [-0.2, -0.15) is 14.5 Å². The van der Waals surface area contributed by atoms with Gasteiger partial charge in [0.1, 0.15) is 12.4 Å².